The third-order valence-electron chi connectivity index (χ3n) is 2.88. The Labute approximate surface area is 121 Å². The van der Waals surface area contributed by atoms with Crippen molar-refractivity contribution in [3.05, 3.63) is 63.7 Å². The van der Waals surface area contributed by atoms with E-state index >= 15 is 0 Å². The summed E-state index contributed by atoms with van der Waals surface area (Å²) in [6.07, 6.45) is 0.424. The first-order valence-electron chi connectivity index (χ1n) is 6.14. The molecule has 0 bridgehead atoms. The Morgan fingerprint density at radius 1 is 1.19 bits per heavy atom. The van der Waals surface area contributed by atoms with Crippen molar-refractivity contribution in [1.29, 1.82) is 0 Å². The molecule has 6 heteroatoms. The van der Waals surface area contributed by atoms with Crippen molar-refractivity contribution in [1.82, 2.24) is 0 Å². The highest BCUT2D eigenvalue weighted by Crippen LogP contribution is 2.39. The van der Waals surface area contributed by atoms with E-state index in [1.807, 2.05) is 30.3 Å². The summed E-state index contributed by atoms with van der Waals surface area (Å²) in [7, 11) is 1.38. The van der Waals surface area contributed by atoms with Crippen LogP contribution in [-0.4, -0.2) is 18.3 Å². The maximum absolute atomic E-state index is 11.2. The van der Waals surface area contributed by atoms with Gasteiger partial charge < -0.3 is 9.47 Å². The molecule has 0 radical (unpaired) electrons. The zero-order chi connectivity index (χ0) is 15.2. The van der Waals surface area contributed by atoms with Crippen LogP contribution in [0.15, 0.2) is 42.5 Å². The number of nitro benzene ring substituents is 1. The second-order valence-corrected chi connectivity index (χ2v) is 4.18. The van der Waals surface area contributed by atoms with Crippen LogP contribution < -0.4 is 9.47 Å². The highest BCUT2D eigenvalue weighted by molar-refractivity contribution is 5.85. The molecule has 6 nitrogen and oxygen atoms in total. The fourth-order valence-electron chi connectivity index (χ4n) is 1.88. The third kappa shape index (κ3) is 3.17. The van der Waals surface area contributed by atoms with Gasteiger partial charge in [-0.3, -0.25) is 14.9 Å². The van der Waals surface area contributed by atoms with E-state index in [0.29, 0.717) is 6.29 Å². The minimum absolute atomic E-state index is 0.0454. The molecule has 0 spiro atoms. The summed E-state index contributed by atoms with van der Waals surface area (Å²) in [4.78, 5) is 21.5. The number of benzene rings is 2. The van der Waals surface area contributed by atoms with Gasteiger partial charge in [0, 0.05) is 0 Å². The summed E-state index contributed by atoms with van der Waals surface area (Å²) >= 11 is 0. The Hall–Kier alpha value is -2.89. The van der Waals surface area contributed by atoms with Gasteiger partial charge in [-0.15, -0.1) is 0 Å². The molecule has 0 N–H and O–H groups in total. The molecule has 0 aliphatic heterocycles. The molecule has 0 amide bonds. The van der Waals surface area contributed by atoms with E-state index in [0.717, 1.165) is 5.56 Å². The molecular weight excluding hydrogens is 274 g/mol. The van der Waals surface area contributed by atoms with Crippen molar-refractivity contribution < 1.29 is 19.2 Å². The van der Waals surface area contributed by atoms with Crippen LogP contribution in [0, 0.1) is 10.1 Å². The predicted molar refractivity (Wildman–Crippen MR) is 75.8 cm³/mol. The molecule has 0 aromatic heterocycles. The standard InChI is InChI=1S/C15H13NO5/c1-20-13-8-7-12(9-17)14(16(18)19)15(13)21-10-11-5-3-2-4-6-11/h2-9H,10H2,1H3. The minimum atomic E-state index is -0.646. The quantitative estimate of drug-likeness (QED) is 0.463. The first-order chi connectivity index (χ1) is 10.2. The van der Waals surface area contributed by atoms with Crippen LogP contribution in [0.1, 0.15) is 15.9 Å². The van der Waals surface area contributed by atoms with Gasteiger partial charge in [-0.05, 0) is 17.7 Å². The molecule has 108 valence electrons. The van der Waals surface area contributed by atoms with E-state index in [2.05, 4.69) is 0 Å². The van der Waals surface area contributed by atoms with Gasteiger partial charge in [-0.25, -0.2) is 0 Å². The van der Waals surface area contributed by atoms with Gasteiger partial charge in [0.1, 0.15) is 6.61 Å². The molecule has 2 rings (SSSR count). The van der Waals surface area contributed by atoms with Gasteiger partial charge in [0.15, 0.2) is 12.0 Å². The topological polar surface area (TPSA) is 78.7 Å². The van der Waals surface area contributed by atoms with Crippen LogP contribution in [0.2, 0.25) is 0 Å². The highest BCUT2D eigenvalue weighted by Gasteiger charge is 2.25. The summed E-state index contributed by atoms with van der Waals surface area (Å²) < 4.78 is 10.6. The van der Waals surface area contributed by atoms with Crippen molar-refractivity contribution in [2.45, 2.75) is 6.61 Å². The maximum atomic E-state index is 11.2. The van der Waals surface area contributed by atoms with Gasteiger partial charge >= 0.3 is 5.69 Å². The molecular formula is C15H13NO5. The average molecular weight is 287 g/mol. The monoisotopic (exact) mass is 287 g/mol. The highest BCUT2D eigenvalue weighted by atomic mass is 16.6. The van der Waals surface area contributed by atoms with Gasteiger partial charge in [0.2, 0.25) is 5.75 Å². The first kappa shape index (κ1) is 14.5. The van der Waals surface area contributed by atoms with Crippen LogP contribution in [-0.2, 0) is 6.61 Å². The fourth-order valence-corrected chi connectivity index (χ4v) is 1.88. The fraction of sp³-hybridized carbons (Fsp3) is 0.133. The number of hydrogen-bond donors (Lipinski definition) is 0. The van der Waals surface area contributed by atoms with Crippen LogP contribution >= 0.6 is 0 Å². The van der Waals surface area contributed by atoms with E-state index in [1.54, 1.807) is 0 Å². The number of ether oxygens (including phenoxy) is 2. The number of rotatable bonds is 6. The van der Waals surface area contributed by atoms with Crippen molar-refractivity contribution in [2.24, 2.45) is 0 Å². The molecule has 2 aromatic carbocycles. The van der Waals surface area contributed by atoms with Crippen LogP contribution in [0.5, 0.6) is 11.5 Å². The van der Waals surface area contributed by atoms with Crippen molar-refractivity contribution >= 4 is 12.0 Å². The number of hydrogen-bond acceptors (Lipinski definition) is 5. The molecule has 0 aliphatic rings. The van der Waals surface area contributed by atoms with Gasteiger partial charge in [-0.1, -0.05) is 30.3 Å². The predicted octanol–water partition coefficient (Wildman–Crippen LogP) is 2.99. The van der Waals surface area contributed by atoms with Gasteiger partial charge in [-0.2, -0.15) is 0 Å². The summed E-state index contributed by atoms with van der Waals surface area (Å²) in [6, 6.07) is 12.0. The van der Waals surface area contributed by atoms with E-state index in [1.165, 1.54) is 19.2 Å². The molecule has 0 heterocycles. The van der Waals surface area contributed by atoms with Crippen molar-refractivity contribution in [3.63, 3.8) is 0 Å². The van der Waals surface area contributed by atoms with E-state index in [4.69, 9.17) is 9.47 Å². The Morgan fingerprint density at radius 2 is 1.90 bits per heavy atom. The lowest BCUT2D eigenvalue weighted by molar-refractivity contribution is -0.386. The lowest BCUT2D eigenvalue weighted by atomic mass is 10.1. The number of carbonyl (C=O) groups excluding carboxylic acids is 1. The molecule has 0 aliphatic carbocycles. The zero-order valence-corrected chi connectivity index (χ0v) is 11.3. The Morgan fingerprint density at radius 3 is 2.48 bits per heavy atom. The summed E-state index contributed by atoms with van der Waals surface area (Å²) in [5.41, 5.74) is 0.412. The maximum Gasteiger partial charge on any atom is 0.325 e. The van der Waals surface area contributed by atoms with E-state index in [9.17, 15) is 14.9 Å². The molecule has 0 saturated heterocycles. The third-order valence-corrected chi connectivity index (χ3v) is 2.88. The average Bonchev–Trinajstić information content (AvgIpc) is 2.52. The lowest BCUT2D eigenvalue weighted by Gasteiger charge is -2.12. The Bertz CT molecular complexity index is 655. The molecule has 2 aromatic rings. The summed E-state index contributed by atoms with van der Waals surface area (Å²) in [5, 5.41) is 11.2. The molecule has 0 saturated carbocycles. The Kier molecular flexibility index (Phi) is 4.50. The zero-order valence-electron chi connectivity index (χ0n) is 11.3. The normalized spacial score (nSPS) is 9.95. The van der Waals surface area contributed by atoms with Crippen LogP contribution in [0.25, 0.3) is 0 Å². The summed E-state index contributed by atoms with van der Waals surface area (Å²) in [5.74, 6) is 0.166. The number of nitrogens with zero attached hydrogens (tertiary/aromatic N) is 1. The van der Waals surface area contributed by atoms with E-state index < -0.39 is 4.92 Å². The molecule has 0 atom stereocenters. The van der Waals surface area contributed by atoms with Crippen molar-refractivity contribution in [2.75, 3.05) is 7.11 Å². The van der Waals surface area contributed by atoms with Gasteiger partial charge in [0.25, 0.3) is 0 Å². The first-order valence-corrected chi connectivity index (χ1v) is 6.14. The van der Waals surface area contributed by atoms with Gasteiger partial charge in [0.05, 0.1) is 17.6 Å². The second kappa shape index (κ2) is 6.51. The number of carbonyl (C=O) groups is 1. The Balaban J connectivity index is 2.40. The smallest absolute Gasteiger partial charge is 0.325 e. The number of methoxy groups -OCH3 is 1. The largest absolute Gasteiger partial charge is 0.493 e. The van der Waals surface area contributed by atoms with Crippen LogP contribution in [0.3, 0.4) is 0 Å². The van der Waals surface area contributed by atoms with E-state index in [-0.39, 0.29) is 29.4 Å². The lowest BCUT2D eigenvalue weighted by Crippen LogP contribution is -2.03. The number of nitro groups is 1. The second-order valence-electron chi connectivity index (χ2n) is 4.18. The minimum Gasteiger partial charge on any atom is -0.493 e. The molecule has 0 unspecified atom stereocenters. The van der Waals surface area contributed by atoms with Crippen LogP contribution in [0.4, 0.5) is 5.69 Å². The molecule has 21 heavy (non-hydrogen) atoms. The molecule has 0 fully saturated rings. The summed E-state index contributed by atoms with van der Waals surface area (Å²) in [6.45, 7) is 0.139. The number of aldehydes is 1. The SMILES string of the molecule is COc1ccc(C=O)c([N+](=O)[O-])c1OCc1ccccc1. The van der Waals surface area contributed by atoms with Crippen molar-refractivity contribution in [3.8, 4) is 11.5 Å².